The van der Waals surface area contributed by atoms with Crippen LogP contribution in [0, 0.1) is 5.92 Å². The normalized spacial score (nSPS) is 30.4. The zero-order valence-corrected chi connectivity index (χ0v) is 17.3. The van der Waals surface area contributed by atoms with E-state index in [0.29, 0.717) is 25.3 Å². The molecule has 154 valence electrons. The van der Waals surface area contributed by atoms with Gasteiger partial charge in [-0.05, 0) is 51.0 Å². The third kappa shape index (κ3) is 4.40. The Morgan fingerprint density at radius 2 is 1.93 bits per heavy atom. The number of rotatable bonds is 6. The molecule has 1 spiro atoms. The Bertz CT molecular complexity index is 557. The summed E-state index contributed by atoms with van der Waals surface area (Å²) in [5.41, 5.74) is -0.770. The molecule has 4 amide bonds. The van der Waals surface area contributed by atoms with Gasteiger partial charge < -0.3 is 15.5 Å². The maximum atomic E-state index is 13.0. The molecule has 3 aliphatic rings. The van der Waals surface area contributed by atoms with E-state index >= 15 is 0 Å². The Hall–Kier alpha value is -1.34. The van der Waals surface area contributed by atoms with Crippen molar-refractivity contribution in [1.29, 1.82) is 0 Å². The van der Waals surface area contributed by atoms with Crippen LogP contribution in [0.5, 0.6) is 0 Å². The molecule has 0 bridgehead atoms. The van der Waals surface area contributed by atoms with Crippen molar-refractivity contribution in [1.82, 2.24) is 20.4 Å². The zero-order valence-electron chi connectivity index (χ0n) is 16.5. The number of hydrogen-bond acceptors (Lipinski definition) is 4. The predicted octanol–water partition coefficient (Wildman–Crippen LogP) is 1.90. The topological polar surface area (TPSA) is 81.8 Å². The van der Waals surface area contributed by atoms with Crippen LogP contribution < -0.4 is 10.6 Å². The molecule has 2 saturated heterocycles. The van der Waals surface area contributed by atoms with Crippen LogP contribution in [0.15, 0.2) is 0 Å². The number of imide groups is 1. The first-order valence-electron chi connectivity index (χ1n) is 10.1. The molecule has 0 radical (unpaired) electrons. The first-order chi connectivity index (χ1) is 12.5. The monoisotopic (exact) mass is 400 g/mol. The van der Waals surface area contributed by atoms with Crippen LogP contribution in [0.25, 0.3) is 0 Å². The van der Waals surface area contributed by atoms with Crippen LogP contribution in [-0.4, -0.2) is 65.4 Å². The molecule has 3 fully saturated rings. The van der Waals surface area contributed by atoms with Gasteiger partial charge in [0.05, 0.1) is 0 Å². The summed E-state index contributed by atoms with van der Waals surface area (Å²) < 4.78 is 0. The van der Waals surface area contributed by atoms with E-state index < -0.39 is 11.6 Å². The van der Waals surface area contributed by atoms with Crippen LogP contribution in [0.4, 0.5) is 4.79 Å². The number of carbonyl (C=O) groups is 3. The van der Waals surface area contributed by atoms with Crippen molar-refractivity contribution in [3.8, 4) is 0 Å². The number of hydrogen-bond donors (Lipinski definition) is 2. The van der Waals surface area contributed by atoms with Crippen molar-refractivity contribution >= 4 is 30.3 Å². The lowest BCUT2D eigenvalue weighted by atomic mass is 9.75. The minimum absolute atomic E-state index is 0. The quantitative estimate of drug-likeness (QED) is 0.667. The van der Waals surface area contributed by atoms with Crippen LogP contribution in [0.1, 0.15) is 58.8 Å². The standard InChI is InChI=1S/C19H32N4O3.ClH/c1-3-11-22(15-7-10-20-12-15)16(24)13-23-17(25)19(21-18(23)26)8-5-14(4-2)6-9-19;/h14-15,20H,3-13H2,1-2H3,(H,21,26);1H. The van der Waals surface area contributed by atoms with Crippen molar-refractivity contribution in [2.24, 2.45) is 5.92 Å². The van der Waals surface area contributed by atoms with Gasteiger partial charge in [0, 0.05) is 19.1 Å². The minimum atomic E-state index is -0.770. The number of carbonyl (C=O) groups excluding carboxylic acids is 3. The fourth-order valence-electron chi connectivity index (χ4n) is 4.62. The molecule has 1 atom stereocenters. The molecule has 27 heavy (non-hydrogen) atoms. The van der Waals surface area contributed by atoms with Crippen molar-refractivity contribution in [2.45, 2.75) is 70.4 Å². The molecular formula is C19H33ClN4O3. The second kappa shape index (κ2) is 9.24. The summed E-state index contributed by atoms with van der Waals surface area (Å²) in [5, 5.41) is 6.19. The van der Waals surface area contributed by atoms with Crippen molar-refractivity contribution in [3.05, 3.63) is 0 Å². The average molecular weight is 401 g/mol. The molecule has 8 heteroatoms. The predicted molar refractivity (Wildman–Crippen MR) is 106 cm³/mol. The lowest BCUT2D eigenvalue weighted by Gasteiger charge is -2.34. The number of urea groups is 1. The Morgan fingerprint density at radius 1 is 1.22 bits per heavy atom. The van der Waals surface area contributed by atoms with E-state index in [4.69, 9.17) is 0 Å². The van der Waals surface area contributed by atoms with Gasteiger partial charge >= 0.3 is 6.03 Å². The largest absolute Gasteiger partial charge is 0.337 e. The number of nitrogens with zero attached hydrogens (tertiary/aromatic N) is 2. The summed E-state index contributed by atoms with van der Waals surface area (Å²) >= 11 is 0. The Morgan fingerprint density at radius 3 is 2.48 bits per heavy atom. The maximum absolute atomic E-state index is 13.0. The molecular weight excluding hydrogens is 368 g/mol. The molecule has 3 rings (SSSR count). The fourth-order valence-corrected chi connectivity index (χ4v) is 4.62. The van der Waals surface area contributed by atoms with E-state index in [1.165, 1.54) is 0 Å². The number of nitrogens with one attached hydrogen (secondary N) is 2. The zero-order chi connectivity index (χ0) is 18.7. The van der Waals surface area contributed by atoms with E-state index in [9.17, 15) is 14.4 Å². The first kappa shape index (κ1) is 22.0. The van der Waals surface area contributed by atoms with Gasteiger partial charge in [-0.2, -0.15) is 0 Å². The third-order valence-corrected chi connectivity index (χ3v) is 6.34. The van der Waals surface area contributed by atoms with Gasteiger partial charge in [-0.1, -0.05) is 20.3 Å². The number of halogens is 1. The SMILES string of the molecule is CCCN(C(=O)CN1C(=O)NC2(CCC(CC)CC2)C1=O)C1CCNC1.Cl. The molecule has 1 saturated carbocycles. The molecule has 2 aliphatic heterocycles. The molecule has 1 aliphatic carbocycles. The van der Waals surface area contributed by atoms with E-state index in [1.807, 2.05) is 11.8 Å². The smallest absolute Gasteiger partial charge is 0.325 e. The van der Waals surface area contributed by atoms with E-state index in [2.05, 4.69) is 17.6 Å². The lowest BCUT2D eigenvalue weighted by molar-refractivity contribution is -0.140. The number of amides is 4. The maximum Gasteiger partial charge on any atom is 0.325 e. The highest BCUT2D eigenvalue weighted by atomic mass is 35.5. The van der Waals surface area contributed by atoms with Gasteiger partial charge in [0.15, 0.2) is 0 Å². The molecule has 0 aromatic heterocycles. The van der Waals surface area contributed by atoms with Crippen LogP contribution >= 0.6 is 12.4 Å². The van der Waals surface area contributed by atoms with E-state index in [-0.39, 0.29) is 36.8 Å². The minimum Gasteiger partial charge on any atom is -0.337 e. The fraction of sp³-hybridized carbons (Fsp3) is 0.842. The third-order valence-electron chi connectivity index (χ3n) is 6.34. The van der Waals surface area contributed by atoms with Gasteiger partial charge in [0.1, 0.15) is 12.1 Å². The second-order valence-corrected chi connectivity index (χ2v) is 7.99. The molecule has 2 heterocycles. The van der Waals surface area contributed by atoms with Crippen molar-refractivity contribution < 1.29 is 14.4 Å². The molecule has 2 N–H and O–H groups in total. The summed E-state index contributed by atoms with van der Waals surface area (Å²) in [6.07, 6.45) is 6.19. The highest BCUT2D eigenvalue weighted by Gasteiger charge is 2.52. The van der Waals surface area contributed by atoms with Gasteiger partial charge in [-0.25, -0.2) is 4.79 Å². The van der Waals surface area contributed by atoms with Crippen molar-refractivity contribution in [2.75, 3.05) is 26.2 Å². The van der Waals surface area contributed by atoms with Gasteiger partial charge in [0.25, 0.3) is 5.91 Å². The Labute approximate surface area is 168 Å². The van der Waals surface area contributed by atoms with Crippen LogP contribution in [-0.2, 0) is 9.59 Å². The van der Waals surface area contributed by atoms with Crippen molar-refractivity contribution in [3.63, 3.8) is 0 Å². The summed E-state index contributed by atoms with van der Waals surface area (Å²) in [6, 6.07) is -0.239. The summed E-state index contributed by atoms with van der Waals surface area (Å²) in [6.45, 7) is 6.43. The summed E-state index contributed by atoms with van der Waals surface area (Å²) in [4.78, 5) is 41.3. The van der Waals surface area contributed by atoms with Crippen LogP contribution in [0.3, 0.4) is 0 Å². The summed E-state index contributed by atoms with van der Waals surface area (Å²) in [5.74, 6) is 0.311. The first-order valence-corrected chi connectivity index (χ1v) is 10.1. The van der Waals surface area contributed by atoms with Gasteiger partial charge in [-0.15, -0.1) is 12.4 Å². The molecule has 0 aromatic carbocycles. The summed E-state index contributed by atoms with van der Waals surface area (Å²) in [7, 11) is 0. The lowest BCUT2D eigenvalue weighted by Crippen LogP contribution is -2.51. The van der Waals surface area contributed by atoms with Gasteiger partial charge in [0.2, 0.25) is 5.91 Å². The van der Waals surface area contributed by atoms with E-state index in [0.717, 1.165) is 50.1 Å². The second-order valence-electron chi connectivity index (χ2n) is 7.99. The molecule has 7 nitrogen and oxygen atoms in total. The Kier molecular flexibility index (Phi) is 7.51. The van der Waals surface area contributed by atoms with Crippen LogP contribution in [0.2, 0.25) is 0 Å². The average Bonchev–Trinajstić information content (AvgIpc) is 3.24. The highest BCUT2D eigenvalue weighted by Crippen LogP contribution is 2.37. The molecule has 0 aromatic rings. The van der Waals surface area contributed by atoms with E-state index in [1.54, 1.807) is 0 Å². The molecule has 1 unspecified atom stereocenters. The van der Waals surface area contributed by atoms with Gasteiger partial charge in [-0.3, -0.25) is 14.5 Å². The Balaban J connectivity index is 0.00000261. The highest BCUT2D eigenvalue weighted by molar-refractivity contribution is 6.09.